The standard InChI is InChI=1S/C17H22FNO2/c1-16(2)10-7-8-17(16,3)13(9-10)21-15(20)11-5-4-6-12(18)14(11)19/h4-6,10,13H,7-9,19H2,1-3H3. The minimum atomic E-state index is -0.580. The first-order valence-corrected chi connectivity index (χ1v) is 7.52. The lowest BCUT2D eigenvalue weighted by molar-refractivity contribution is -0.0241. The third-order valence-electron chi connectivity index (χ3n) is 6.24. The van der Waals surface area contributed by atoms with Gasteiger partial charge in [0.1, 0.15) is 11.9 Å². The fourth-order valence-corrected chi connectivity index (χ4v) is 4.22. The van der Waals surface area contributed by atoms with Crippen molar-refractivity contribution in [2.75, 3.05) is 5.73 Å². The van der Waals surface area contributed by atoms with Crippen molar-refractivity contribution in [1.82, 2.24) is 0 Å². The second-order valence-corrected chi connectivity index (χ2v) is 7.21. The Hall–Kier alpha value is -1.58. The van der Waals surface area contributed by atoms with Crippen LogP contribution >= 0.6 is 0 Å². The van der Waals surface area contributed by atoms with Crippen molar-refractivity contribution in [3.8, 4) is 0 Å². The summed E-state index contributed by atoms with van der Waals surface area (Å²) in [6.07, 6.45) is 3.05. The number of para-hydroxylation sites is 1. The largest absolute Gasteiger partial charge is 0.458 e. The number of nitrogens with two attached hydrogens (primary N) is 1. The molecule has 3 nitrogen and oxygen atoms in total. The van der Waals surface area contributed by atoms with Crippen LogP contribution in [0.1, 0.15) is 50.4 Å². The SMILES string of the molecule is CC1(C)C2CCC1(C)C(OC(=O)c1cccc(F)c1N)C2. The Morgan fingerprint density at radius 3 is 2.67 bits per heavy atom. The summed E-state index contributed by atoms with van der Waals surface area (Å²) in [7, 11) is 0. The first kappa shape index (κ1) is 14.4. The number of carbonyl (C=O) groups excluding carboxylic acids is 1. The first-order chi connectivity index (χ1) is 9.77. The van der Waals surface area contributed by atoms with E-state index < -0.39 is 11.8 Å². The zero-order chi connectivity index (χ0) is 15.4. The van der Waals surface area contributed by atoms with Crippen LogP contribution in [0.15, 0.2) is 18.2 Å². The van der Waals surface area contributed by atoms with Gasteiger partial charge in [-0.3, -0.25) is 0 Å². The molecular formula is C17H22FNO2. The van der Waals surface area contributed by atoms with Crippen molar-refractivity contribution in [2.45, 2.75) is 46.1 Å². The predicted molar refractivity (Wildman–Crippen MR) is 79.2 cm³/mol. The Morgan fingerprint density at radius 2 is 2.10 bits per heavy atom. The van der Waals surface area contributed by atoms with Gasteiger partial charge in [-0.25, -0.2) is 9.18 Å². The summed E-state index contributed by atoms with van der Waals surface area (Å²) >= 11 is 0. The highest BCUT2D eigenvalue weighted by molar-refractivity contribution is 5.95. The van der Waals surface area contributed by atoms with Gasteiger partial charge >= 0.3 is 5.97 Å². The second-order valence-electron chi connectivity index (χ2n) is 7.21. The van der Waals surface area contributed by atoms with Crippen LogP contribution in [-0.2, 0) is 4.74 Å². The monoisotopic (exact) mass is 291 g/mol. The number of hydrogen-bond donors (Lipinski definition) is 1. The average molecular weight is 291 g/mol. The summed E-state index contributed by atoms with van der Waals surface area (Å²) in [5.41, 5.74) is 5.81. The minimum Gasteiger partial charge on any atom is -0.458 e. The number of nitrogen functional groups attached to an aromatic ring is 1. The van der Waals surface area contributed by atoms with Crippen molar-refractivity contribution < 1.29 is 13.9 Å². The predicted octanol–water partition coefficient (Wildman–Crippen LogP) is 3.78. The van der Waals surface area contributed by atoms with Crippen LogP contribution in [0.5, 0.6) is 0 Å². The van der Waals surface area contributed by atoms with Crippen LogP contribution in [0.25, 0.3) is 0 Å². The van der Waals surface area contributed by atoms with E-state index in [-0.39, 0.29) is 28.2 Å². The summed E-state index contributed by atoms with van der Waals surface area (Å²) in [6.45, 7) is 6.72. The fourth-order valence-electron chi connectivity index (χ4n) is 4.22. The summed E-state index contributed by atoms with van der Waals surface area (Å²) in [5.74, 6) is -0.504. The van der Waals surface area contributed by atoms with Gasteiger partial charge < -0.3 is 10.5 Å². The van der Waals surface area contributed by atoms with Gasteiger partial charge in [0.25, 0.3) is 0 Å². The molecule has 2 aliphatic rings. The molecule has 2 N–H and O–H groups in total. The van der Waals surface area contributed by atoms with Crippen molar-refractivity contribution in [1.29, 1.82) is 0 Å². The van der Waals surface area contributed by atoms with Crippen molar-refractivity contribution in [2.24, 2.45) is 16.7 Å². The zero-order valence-corrected chi connectivity index (χ0v) is 12.8. The van der Waals surface area contributed by atoms with E-state index in [0.29, 0.717) is 5.92 Å². The van der Waals surface area contributed by atoms with E-state index in [2.05, 4.69) is 20.8 Å². The van der Waals surface area contributed by atoms with Crippen LogP contribution in [0.4, 0.5) is 10.1 Å². The fraction of sp³-hybridized carbons (Fsp3) is 0.588. The van der Waals surface area contributed by atoms with Crippen molar-refractivity contribution in [3.05, 3.63) is 29.6 Å². The maximum Gasteiger partial charge on any atom is 0.340 e. The van der Waals surface area contributed by atoms with Gasteiger partial charge in [-0.15, -0.1) is 0 Å². The van der Waals surface area contributed by atoms with Crippen molar-refractivity contribution in [3.63, 3.8) is 0 Å². The van der Waals surface area contributed by atoms with E-state index in [1.54, 1.807) is 0 Å². The highest BCUT2D eigenvalue weighted by Gasteiger charge is 2.62. The molecule has 2 fully saturated rings. The number of anilines is 1. The molecule has 114 valence electrons. The number of hydrogen-bond acceptors (Lipinski definition) is 3. The summed E-state index contributed by atoms with van der Waals surface area (Å²) < 4.78 is 19.2. The summed E-state index contributed by atoms with van der Waals surface area (Å²) in [6, 6.07) is 4.24. The van der Waals surface area contributed by atoms with Crippen LogP contribution in [0.3, 0.4) is 0 Å². The molecule has 0 radical (unpaired) electrons. The highest BCUT2D eigenvalue weighted by Crippen LogP contribution is 2.66. The number of halogens is 1. The Morgan fingerprint density at radius 1 is 1.38 bits per heavy atom. The van der Waals surface area contributed by atoms with Gasteiger partial charge in [-0.2, -0.15) is 0 Å². The molecule has 2 saturated carbocycles. The molecule has 1 aromatic rings. The average Bonchev–Trinajstić information content (AvgIpc) is 2.75. The number of ether oxygens (including phenoxy) is 1. The number of rotatable bonds is 2. The first-order valence-electron chi connectivity index (χ1n) is 7.52. The van der Waals surface area contributed by atoms with E-state index in [1.165, 1.54) is 24.6 Å². The molecule has 0 amide bonds. The van der Waals surface area contributed by atoms with E-state index in [1.807, 2.05) is 0 Å². The molecule has 0 aliphatic heterocycles. The van der Waals surface area contributed by atoms with Crippen molar-refractivity contribution >= 4 is 11.7 Å². The Labute approximate surface area is 124 Å². The smallest absolute Gasteiger partial charge is 0.340 e. The third kappa shape index (κ3) is 1.88. The number of fused-ring (bicyclic) bond motifs is 2. The van der Waals surface area contributed by atoms with Gasteiger partial charge in [0, 0.05) is 5.41 Å². The van der Waals surface area contributed by atoms with Crippen LogP contribution in [-0.4, -0.2) is 12.1 Å². The number of benzene rings is 1. The zero-order valence-electron chi connectivity index (χ0n) is 12.8. The number of carbonyl (C=O) groups is 1. The second kappa shape index (κ2) is 4.46. The normalized spacial score (nSPS) is 33.1. The lowest BCUT2D eigenvalue weighted by atomic mass is 9.70. The molecule has 0 aromatic heterocycles. The lowest BCUT2D eigenvalue weighted by Crippen LogP contribution is -2.38. The Balaban J connectivity index is 1.82. The molecule has 1 aromatic carbocycles. The van der Waals surface area contributed by atoms with E-state index >= 15 is 0 Å². The van der Waals surface area contributed by atoms with Crippen LogP contribution < -0.4 is 5.73 Å². The molecule has 4 heteroatoms. The molecule has 0 saturated heterocycles. The molecule has 21 heavy (non-hydrogen) atoms. The molecule has 0 spiro atoms. The highest BCUT2D eigenvalue weighted by atomic mass is 19.1. The third-order valence-corrected chi connectivity index (χ3v) is 6.24. The topological polar surface area (TPSA) is 52.3 Å². The van der Waals surface area contributed by atoms with Gasteiger partial charge in [0.05, 0.1) is 11.3 Å². The molecule has 2 bridgehead atoms. The number of esters is 1. The van der Waals surface area contributed by atoms with E-state index in [9.17, 15) is 9.18 Å². The molecule has 3 atom stereocenters. The quantitative estimate of drug-likeness (QED) is 0.666. The van der Waals surface area contributed by atoms with Gasteiger partial charge in [0.15, 0.2) is 0 Å². The van der Waals surface area contributed by atoms with Crippen LogP contribution in [0.2, 0.25) is 0 Å². The molecule has 0 heterocycles. The molecular weight excluding hydrogens is 269 g/mol. The van der Waals surface area contributed by atoms with Crippen LogP contribution in [0, 0.1) is 22.6 Å². The maximum absolute atomic E-state index is 13.5. The molecule has 2 aliphatic carbocycles. The Bertz CT molecular complexity index is 598. The summed E-state index contributed by atoms with van der Waals surface area (Å²) in [4.78, 5) is 12.3. The molecule has 3 rings (SSSR count). The maximum atomic E-state index is 13.5. The summed E-state index contributed by atoms with van der Waals surface area (Å²) in [5, 5.41) is 0. The van der Waals surface area contributed by atoms with E-state index in [0.717, 1.165) is 12.8 Å². The van der Waals surface area contributed by atoms with E-state index in [4.69, 9.17) is 10.5 Å². The van der Waals surface area contributed by atoms with Gasteiger partial charge in [-0.05, 0) is 42.7 Å². The minimum absolute atomic E-state index is 0.00455. The Kier molecular flexibility index (Phi) is 3.05. The van der Waals surface area contributed by atoms with Gasteiger partial charge in [-0.1, -0.05) is 26.8 Å². The molecule has 3 unspecified atom stereocenters. The lowest BCUT2D eigenvalue weighted by Gasteiger charge is -2.38. The van der Waals surface area contributed by atoms with Gasteiger partial charge in [0.2, 0.25) is 0 Å².